The van der Waals surface area contributed by atoms with Crippen LogP contribution in [0.1, 0.15) is 16.7 Å². The summed E-state index contributed by atoms with van der Waals surface area (Å²) in [7, 11) is -2.75. The highest BCUT2D eigenvalue weighted by Gasteiger charge is 2.30. The predicted octanol–water partition coefficient (Wildman–Crippen LogP) is 5.11. The zero-order valence-corrected chi connectivity index (χ0v) is 19.5. The molecule has 3 aromatic carbocycles. The lowest BCUT2D eigenvalue weighted by Gasteiger charge is -2.26. The van der Waals surface area contributed by atoms with Crippen LogP contribution in [0.25, 0.3) is 0 Å². The number of methoxy groups -OCH3 is 1. The smallest absolute Gasteiger partial charge is 0.264 e. The van der Waals surface area contributed by atoms with Gasteiger partial charge in [-0.05, 0) is 61.4 Å². The van der Waals surface area contributed by atoms with Crippen LogP contribution in [0.2, 0.25) is 5.02 Å². The fourth-order valence-electron chi connectivity index (χ4n) is 3.22. The number of ketones is 1. The Hall–Kier alpha value is -2.90. The van der Waals surface area contributed by atoms with Crippen LogP contribution in [0, 0.1) is 19.7 Å². The van der Waals surface area contributed by atoms with Crippen molar-refractivity contribution in [3.63, 3.8) is 0 Å². The number of hydrogen-bond donors (Lipinski definition) is 0. The van der Waals surface area contributed by atoms with Gasteiger partial charge < -0.3 is 4.74 Å². The topological polar surface area (TPSA) is 63.7 Å². The molecule has 0 aliphatic carbocycles. The molecule has 5 nitrogen and oxygen atoms in total. The molecule has 0 amide bonds. The number of sulfonamides is 1. The molecule has 3 rings (SSSR count). The van der Waals surface area contributed by atoms with Crippen molar-refractivity contribution < 1.29 is 22.3 Å². The van der Waals surface area contributed by atoms with Crippen molar-refractivity contribution in [3.8, 4) is 5.75 Å². The highest BCUT2D eigenvalue weighted by atomic mass is 35.5. The number of anilines is 1. The van der Waals surface area contributed by atoms with Crippen molar-refractivity contribution in [3.05, 3.63) is 88.2 Å². The molecule has 0 bridgehead atoms. The van der Waals surface area contributed by atoms with Crippen molar-refractivity contribution in [1.82, 2.24) is 0 Å². The summed E-state index contributed by atoms with van der Waals surface area (Å²) in [6.45, 7) is 3.07. The average Bonchev–Trinajstić information content (AvgIpc) is 2.74. The van der Waals surface area contributed by atoms with E-state index >= 15 is 0 Å². The normalized spacial score (nSPS) is 11.3. The lowest BCUT2D eigenvalue weighted by atomic mass is 10.1. The number of halogens is 2. The number of Topliss-reactive ketones (excluding diaryl/α,β-unsaturated/α-hetero) is 1. The first-order valence-corrected chi connectivity index (χ1v) is 11.6. The van der Waals surface area contributed by atoms with Gasteiger partial charge >= 0.3 is 0 Å². The largest absolute Gasteiger partial charge is 0.495 e. The molecule has 8 heteroatoms. The summed E-state index contributed by atoms with van der Waals surface area (Å²) in [5, 5.41) is 0.280. The Kier molecular flexibility index (Phi) is 7.21. The molecule has 0 saturated heterocycles. The van der Waals surface area contributed by atoms with E-state index in [1.807, 2.05) is 6.92 Å². The van der Waals surface area contributed by atoms with E-state index in [0.29, 0.717) is 0 Å². The van der Waals surface area contributed by atoms with E-state index in [0.717, 1.165) is 15.4 Å². The maximum absolute atomic E-state index is 14.3. The van der Waals surface area contributed by atoms with E-state index in [9.17, 15) is 17.6 Å². The standard InChI is InChI=1S/C24H23ClFNO4S/c1-16-5-9-21(10-6-16)32(29,30)27(23-14-19(25)8-11-24(23)31-3)15-20(28)13-18-7-4-17(2)12-22(18)26/h4-12,14H,13,15H2,1-3H3. The summed E-state index contributed by atoms with van der Waals surface area (Å²) in [4.78, 5) is 12.9. The van der Waals surface area contributed by atoms with Gasteiger partial charge in [-0.25, -0.2) is 12.8 Å². The second-order valence-corrected chi connectivity index (χ2v) is 9.75. The van der Waals surface area contributed by atoms with Crippen LogP contribution in [0.4, 0.5) is 10.1 Å². The molecule has 32 heavy (non-hydrogen) atoms. The van der Waals surface area contributed by atoms with Gasteiger partial charge in [0.25, 0.3) is 10.0 Å². The highest BCUT2D eigenvalue weighted by Crippen LogP contribution is 2.35. The predicted molar refractivity (Wildman–Crippen MR) is 124 cm³/mol. The molecule has 0 fully saturated rings. The zero-order valence-electron chi connectivity index (χ0n) is 17.9. The number of nitrogens with zero attached hydrogens (tertiary/aromatic N) is 1. The van der Waals surface area contributed by atoms with Gasteiger partial charge in [0.05, 0.1) is 24.2 Å². The van der Waals surface area contributed by atoms with Gasteiger partial charge in [-0.15, -0.1) is 0 Å². The van der Waals surface area contributed by atoms with Crippen LogP contribution in [0.15, 0.2) is 65.6 Å². The van der Waals surface area contributed by atoms with Gasteiger partial charge in [-0.1, -0.05) is 41.4 Å². The minimum atomic E-state index is -4.14. The van der Waals surface area contributed by atoms with E-state index in [-0.39, 0.29) is 33.3 Å². The SMILES string of the molecule is COc1ccc(Cl)cc1N(CC(=O)Cc1ccc(C)cc1F)S(=O)(=O)c1ccc(C)cc1. The van der Waals surface area contributed by atoms with Crippen LogP contribution in [-0.4, -0.2) is 27.9 Å². The second kappa shape index (κ2) is 9.71. The number of rotatable bonds is 8. The number of aryl methyl sites for hydroxylation is 2. The Morgan fingerprint density at radius 1 is 1.00 bits per heavy atom. The van der Waals surface area contributed by atoms with Crippen molar-refractivity contribution in [1.29, 1.82) is 0 Å². The van der Waals surface area contributed by atoms with E-state index in [2.05, 4.69) is 0 Å². The van der Waals surface area contributed by atoms with Gasteiger partial charge in [-0.3, -0.25) is 9.10 Å². The lowest BCUT2D eigenvalue weighted by molar-refractivity contribution is -0.117. The molecule has 0 spiro atoms. The third-order valence-corrected chi connectivity index (χ3v) is 6.94. The van der Waals surface area contributed by atoms with Crippen LogP contribution in [0.3, 0.4) is 0 Å². The molecular weight excluding hydrogens is 453 g/mol. The number of ether oxygens (including phenoxy) is 1. The van der Waals surface area contributed by atoms with Crippen LogP contribution in [-0.2, 0) is 21.2 Å². The van der Waals surface area contributed by atoms with Gasteiger partial charge in [0.2, 0.25) is 0 Å². The van der Waals surface area contributed by atoms with Crippen molar-refractivity contribution >= 4 is 33.1 Å². The first kappa shape index (κ1) is 23.8. The van der Waals surface area contributed by atoms with E-state index < -0.39 is 28.2 Å². The second-order valence-electron chi connectivity index (χ2n) is 7.45. The van der Waals surface area contributed by atoms with Gasteiger partial charge in [0, 0.05) is 11.4 Å². The molecule has 0 aromatic heterocycles. The zero-order chi connectivity index (χ0) is 23.5. The fourth-order valence-corrected chi connectivity index (χ4v) is 4.84. The van der Waals surface area contributed by atoms with Crippen LogP contribution in [0.5, 0.6) is 5.75 Å². The Labute approximate surface area is 192 Å². The molecule has 3 aromatic rings. The van der Waals surface area contributed by atoms with E-state index in [1.165, 1.54) is 43.5 Å². The maximum Gasteiger partial charge on any atom is 0.264 e. The summed E-state index contributed by atoms with van der Waals surface area (Å²) >= 11 is 6.13. The van der Waals surface area contributed by atoms with Crippen molar-refractivity contribution in [2.24, 2.45) is 0 Å². The third kappa shape index (κ3) is 5.29. The summed E-state index contributed by atoms with van der Waals surface area (Å²) in [5.41, 5.74) is 1.94. The number of carbonyl (C=O) groups excluding carboxylic acids is 1. The first-order valence-electron chi connectivity index (χ1n) is 9.81. The third-order valence-electron chi connectivity index (χ3n) is 4.93. The molecular formula is C24H23ClFNO4S. The first-order chi connectivity index (χ1) is 15.1. The minimum Gasteiger partial charge on any atom is -0.495 e. The minimum absolute atomic E-state index is 0.0134. The molecule has 0 N–H and O–H groups in total. The molecule has 0 aliphatic rings. The monoisotopic (exact) mass is 475 g/mol. The van der Waals surface area contributed by atoms with E-state index in [1.54, 1.807) is 31.2 Å². The fraction of sp³-hybridized carbons (Fsp3) is 0.208. The molecule has 0 aliphatic heterocycles. The molecule has 0 saturated carbocycles. The van der Waals surface area contributed by atoms with Crippen molar-refractivity contribution in [2.45, 2.75) is 25.2 Å². The summed E-state index contributed by atoms with van der Waals surface area (Å²) in [6, 6.07) is 15.4. The Bertz CT molecular complexity index is 1240. The summed E-state index contributed by atoms with van der Waals surface area (Å²) in [5.74, 6) is -0.753. The van der Waals surface area contributed by atoms with Crippen LogP contribution < -0.4 is 9.04 Å². The number of hydrogen-bond acceptors (Lipinski definition) is 4. The van der Waals surface area contributed by atoms with Crippen molar-refractivity contribution in [2.75, 3.05) is 18.0 Å². The van der Waals surface area contributed by atoms with Gasteiger partial charge in [-0.2, -0.15) is 0 Å². The maximum atomic E-state index is 14.3. The van der Waals surface area contributed by atoms with Crippen LogP contribution >= 0.6 is 11.6 Å². The molecule has 0 heterocycles. The Balaban J connectivity index is 2.03. The summed E-state index contributed by atoms with van der Waals surface area (Å²) in [6.07, 6.45) is -0.255. The summed E-state index contributed by atoms with van der Waals surface area (Å²) < 4.78 is 47.6. The molecule has 0 radical (unpaired) electrons. The molecule has 0 atom stereocenters. The average molecular weight is 476 g/mol. The molecule has 168 valence electrons. The van der Waals surface area contributed by atoms with Gasteiger partial charge in [0.1, 0.15) is 11.6 Å². The Morgan fingerprint density at radius 2 is 1.66 bits per heavy atom. The number of benzene rings is 3. The number of carbonyl (C=O) groups is 1. The molecule has 0 unspecified atom stereocenters. The quantitative estimate of drug-likeness (QED) is 0.454. The van der Waals surface area contributed by atoms with Gasteiger partial charge in [0.15, 0.2) is 5.78 Å². The van der Waals surface area contributed by atoms with E-state index in [4.69, 9.17) is 16.3 Å². The lowest BCUT2D eigenvalue weighted by Crippen LogP contribution is -2.36. The highest BCUT2D eigenvalue weighted by molar-refractivity contribution is 7.92. The Morgan fingerprint density at radius 3 is 2.28 bits per heavy atom.